The fourth-order valence-corrected chi connectivity index (χ4v) is 6.71. The molecule has 0 amide bonds. The number of hydrogen-bond donors (Lipinski definition) is 2. The molecule has 0 heterocycles. The Balaban J connectivity index is 1.82. The van der Waals surface area contributed by atoms with Gasteiger partial charge in [0.05, 0.1) is 0 Å². The summed E-state index contributed by atoms with van der Waals surface area (Å²) in [7, 11) is -3.63. The second-order valence-corrected chi connectivity index (χ2v) is 12.6. The number of hydrogen-bond acceptors (Lipinski definition) is 6. The number of nitrogens with one attached hydrogen (secondary N) is 1. The van der Waals surface area contributed by atoms with Gasteiger partial charge in [0.1, 0.15) is 0 Å². The number of ether oxygens (including phenoxy) is 1. The Labute approximate surface area is 189 Å². The van der Waals surface area contributed by atoms with E-state index in [1.807, 2.05) is 6.07 Å². The van der Waals surface area contributed by atoms with Gasteiger partial charge in [-0.2, -0.15) is 0 Å². The van der Waals surface area contributed by atoms with Gasteiger partial charge in [0.2, 0.25) is 0 Å². The molecule has 8 nitrogen and oxygen atoms in total. The van der Waals surface area contributed by atoms with E-state index in [9.17, 15) is 22.8 Å². The third-order valence-electron chi connectivity index (χ3n) is 5.26. The fraction of sp³-hybridized carbons (Fsp3) is 0.571. The van der Waals surface area contributed by atoms with Crippen molar-refractivity contribution in [1.29, 1.82) is 0 Å². The third-order valence-corrected chi connectivity index (χ3v) is 9.25. The Bertz CT molecular complexity index is 839. The number of carboxylic acid groups (broad SMARTS) is 1. The van der Waals surface area contributed by atoms with Crippen molar-refractivity contribution in [2.24, 2.45) is 5.92 Å². The van der Waals surface area contributed by atoms with Crippen LogP contribution >= 0.6 is 0 Å². The number of rotatable bonds is 13. The summed E-state index contributed by atoms with van der Waals surface area (Å²) in [4.78, 5) is 35.7. The molecule has 2 unspecified atom stereocenters. The Morgan fingerprint density at radius 2 is 1.81 bits per heavy atom. The van der Waals surface area contributed by atoms with Crippen molar-refractivity contribution in [3.63, 3.8) is 0 Å². The number of benzene rings is 1. The molecule has 10 heteroatoms. The SMILES string of the molecule is O=C(O)CC([AsH]C(=O)OCc1ccccc1)C(=O)CNS(=O)(=O)CCC1CCCCC1. The second kappa shape index (κ2) is 13.0. The van der Waals surface area contributed by atoms with Gasteiger partial charge in [-0.25, -0.2) is 0 Å². The molecule has 1 aliphatic carbocycles. The molecule has 1 saturated carbocycles. The summed E-state index contributed by atoms with van der Waals surface area (Å²) < 4.78 is 30.3. The minimum atomic E-state index is -3.63. The summed E-state index contributed by atoms with van der Waals surface area (Å²) in [6.07, 6.45) is 5.55. The summed E-state index contributed by atoms with van der Waals surface area (Å²) in [5, 5.41) is 9.09. The molecular weight excluding hydrogens is 485 g/mol. The van der Waals surface area contributed by atoms with Gasteiger partial charge in [0.15, 0.2) is 0 Å². The molecule has 1 aromatic rings. The first-order valence-electron chi connectivity index (χ1n) is 10.4. The van der Waals surface area contributed by atoms with E-state index in [4.69, 9.17) is 9.84 Å². The van der Waals surface area contributed by atoms with E-state index in [1.54, 1.807) is 24.3 Å². The van der Waals surface area contributed by atoms with E-state index in [2.05, 4.69) is 4.72 Å². The number of ketones is 1. The Morgan fingerprint density at radius 3 is 2.45 bits per heavy atom. The molecule has 0 aromatic heterocycles. The molecule has 172 valence electrons. The summed E-state index contributed by atoms with van der Waals surface area (Å²) in [5.41, 5.74) is 0.786. The van der Waals surface area contributed by atoms with Crippen molar-refractivity contribution in [3.8, 4) is 0 Å². The minimum absolute atomic E-state index is 0.0466. The molecular formula is C21H30AsNO7S. The summed E-state index contributed by atoms with van der Waals surface area (Å²) >= 11 is -1.73. The van der Waals surface area contributed by atoms with E-state index < -0.39 is 60.0 Å². The number of carboxylic acids is 1. The monoisotopic (exact) mass is 515 g/mol. The quantitative estimate of drug-likeness (QED) is 0.387. The molecule has 2 atom stereocenters. The zero-order valence-electron chi connectivity index (χ0n) is 17.4. The summed E-state index contributed by atoms with van der Waals surface area (Å²) in [6.45, 7) is -0.453. The first kappa shape index (κ1) is 25.6. The van der Waals surface area contributed by atoms with Crippen molar-refractivity contribution >= 4 is 42.3 Å². The van der Waals surface area contributed by atoms with E-state index in [0.717, 1.165) is 31.2 Å². The van der Waals surface area contributed by atoms with Crippen molar-refractivity contribution < 1.29 is 32.6 Å². The van der Waals surface area contributed by atoms with Gasteiger partial charge in [0, 0.05) is 0 Å². The van der Waals surface area contributed by atoms with Gasteiger partial charge in [-0.3, -0.25) is 0 Å². The van der Waals surface area contributed by atoms with Crippen LogP contribution in [0.15, 0.2) is 30.3 Å². The molecule has 0 spiro atoms. The van der Waals surface area contributed by atoms with Gasteiger partial charge in [-0.1, -0.05) is 0 Å². The average Bonchev–Trinajstić information content (AvgIpc) is 2.75. The molecule has 2 rings (SSSR count). The topological polar surface area (TPSA) is 127 Å². The van der Waals surface area contributed by atoms with Gasteiger partial charge in [-0.05, 0) is 0 Å². The van der Waals surface area contributed by atoms with Crippen LogP contribution in [0.1, 0.15) is 50.5 Å². The number of aliphatic carboxylic acids is 1. The van der Waals surface area contributed by atoms with Gasteiger partial charge in [-0.15, -0.1) is 0 Å². The Morgan fingerprint density at radius 1 is 1.13 bits per heavy atom. The number of sulfonamides is 1. The molecule has 1 aromatic carbocycles. The molecule has 0 bridgehead atoms. The normalized spacial score (nSPS) is 16.3. The van der Waals surface area contributed by atoms with E-state index in [1.165, 1.54) is 6.42 Å². The van der Waals surface area contributed by atoms with E-state index in [-0.39, 0.29) is 12.4 Å². The van der Waals surface area contributed by atoms with Crippen LogP contribution in [0, 0.1) is 5.92 Å². The predicted molar refractivity (Wildman–Crippen MR) is 118 cm³/mol. The summed E-state index contributed by atoms with van der Waals surface area (Å²) in [6, 6.07) is 9.01. The van der Waals surface area contributed by atoms with Crippen molar-refractivity contribution in [1.82, 2.24) is 4.72 Å². The third kappa shape index (κ3) is 10.4. The fourth-order valence-electron chi connectivity index (χ4n) is 3.50. The predicted octanol–water partition coefficient (Wildman–Crippen LogP) is 2.48. The maximum atomic E-state index is 12.5. The van der Waals surface area contributed by atoms with E-state index >= 15 is 0 Å². The number of carbonyl (C=O) groups is 3. The zero-order chi connectivity index (χ0) is 22.7. The molecule has 2 N–H and O–H groups in total. The molecule has 0 aliphatic heterocycles. The second-order valence-electron chi connectivity index (χ2n) is 7.76. The van der Waals surface area contributed by atoms with Crippen LogP contribution in [0.4, 0.5) is 4.79 Å². The molecule has 0 saturated heterocycles. The summed E-state index contributed by atoms with van der Waals surface area (Å²) in [5.74, 6) is -1.45. The molecule has 0 radical (unpaired) electrons. The Hall–Kier alpha value is -1.70. The van der Waals surface area contributed by atoms with Crippen LogP contribution in [-0.4, -0.2) is 58.1 Å². The first-order valence-corrected chi connectivity index (χ1v) is 14.4. The van der Waals surface area contributed by atoms with Gasteiger partial charge in [0.25, 0.3) is 0 Å². The van der Waals surface area contributed by atoms with Crippen molar-refractivity contribution in [3.05, 3.63) is 35.9 Å². The van der Waals surface area contributed by atoms with Gasteiger partial charge < -0.3 is 0 Å². The van der Waals surface area contributed by atoms with Crippen LogP contribution < -0.4 is 4.72 Å². The number of carbonyl (C=O) groups excluding carboxylic acids is 2. The van der Waals surface area contributed by atoms with Gasteiger partial charge >= 0.3 is 190 Å². The maximum absolute atomic E-state index is 12.5. The van der Waals surface area contributed by atoms with Crippen molar-refractivity contribution in [2.75, 3.05) is 12.3 Å². The molecule has 31 heavy (non-hydrogen) atoms. The Kier molecular flexibility index (Phi) is 10.7. The van der Waals surface area contributed by atoms with Crippen LogP contribution in [0.2, 0.25) is 4.71 Å². The van der Waals surface area contributed by atoms with Crippen molar-refractivity contribution in [2.45, 2.75) is 56.3 Å². The van der Waals surface area contributed by atoms with Crippen LogP contribution in [0.5, 0.6) is 0 Å². The molecule has 1 aliphatic rings. The average molecular weight is 515 g/mol. The van der Waals surface area contributed by atoms with Crippen LogP contribution in [0.25, 0.3) is 0 Å². The van der Waals surface area contributed by atoms with E-state index in [0.29, 0.717) is 12.3 Å². The standard InChI is InChI=1S/C21H30AsNO7S/c24-19(14-23-31(28,29)12-11-16-7-3-1-4-8-16)18(13-20(25)26)22-21(27)30-15-17-9-5-2-6-10-17/h2,5-6,9-10,16,18,22-23H,1,3-4,7-8,11-15H2,(H,25,26). The zero-order valence-corrected chi connectivity index (χ0v) is 20.3. The molecule has 1 fully saturated rings. The van der Waals surface area contributed by atoms with Crippen LogP contribution in [-0.2, 0) is 31.0 Å². The van der Waals surface area contributed by atoms with Crippen LogP contribution in [0.3, 0.4) is 0 Å². The first-order chi connectivity index (χ1) is 14.7. The number of Topliss-reactive ketones (excluding diaryl/α,β-unsaturated/α-hetero) is 1.